The summed E-state index contributed by atoms with van der Waals surface area (Å²) in [4.78, 5) is 14.2. The van der Waals surface area contributed by atoms with E-state index in [1.54, 1.807) is 0 Å². The Balaban J connectivity index is 1.98. The minimum absolute atomic E-state index is 0.177. The number of halogens is 1. The summed E-state index contributed by atoms with van der Waals surface area (Å²) in [5, 5.41) is 3.43. The van der Waals surface area contributed by atoms with Gasteiger partial charge >= 0.3 is 6.09 Å². The summed E-state index contributed by atoms with van der Waals surface area (Å²) in [6, 6.07) is 8.21. The van der Waals surface area contributed by atoms with Gasteiger partial charge in [0, 0.05) is 23.2 Å². The highest BCUT2D eigenvalue weighted by Gasteiger charge is 2.30. The second-order valence-corrected chi connectivity index (χ2v) is 7.54. The molecule has 1 aromatic carbocycles. The number of para-hydroxylation sites is 1. The molecule has 1 aliphatic rings. The van der Waals surface area contributed by atoms with Gasteiger partial charge in [0.2, 0.25) is 0 Å². The van der Waals surface area contributed by atoms with E-state index in [1.165, 1.54) is 0 Å². The summed E-state index contributed by atoms with van der Waals surface area (Å²) < 4.78 is 6.57. The van der Waals surface area contributed by atoms with Crippen molar-refractivity contribution >= 4 is 27.7 Å². The van der Waals surface area contributed by atoms with E-state index in [0.29, 0.717) is 0 Å². The summed E-state index contributed by atoms with van der Waals surface area (Å²) in [6.45, 7) is 7.23. The summed E-state index contributed by atoms with van der Waals surface area (Å²) >= 11 is 3.54. The quantitative estimate of drug-likeness (QED) is 0.843. The number of nitrogens with one attached hydrogen (secondary N) is 1. The number of carbonyl (C=O) groups is 1. The molecule has 1 atom stereocenters. The lowest BCUT2D eigenvalue weighted by Gasteiger charge is -2.37. The third-order valence-electron chi connectivity index (χ3n) is 3.66. The lowest BCUT2D eigenvalue weighted by Crippen LogP contribution is -2.48. The maximum absolute atomic E-state index is 12.4. The number of rotatable bonds is 3. The normalized spacial score (nSPS) is 18.9. The number of anilines is 1. The molecule has 0 radical (unpaired) electrons. The Morgan fingerprint density at radius 2 is 2.09 bits per heavy atom. The molecule has 1 unspecified atom stereocenters. The zero-order valence-electron chi connectivity index (χ0n) is 13.6. The van der Waals surface area contributed by atoms with Crippen LogP contribution in [0.3, 0.4) is 0 Å². The summed E-state index contributed by atoms with van der Waals surface area (Å²) in [6.07, 6.45) is 3.01. The first-order valence-electron chi connectivity index (χ1n) is 7.85. The standard InChI is InChI=1S/C17H25BrN2O2/c1-17(2,3)22-16(21)20-11-7-6-8-13(20)12-19-15-10-5-4-9-14(15)18/h4-5,9-10,13,19H,6-8,11-12H2,1-3H3. The molecule has 1 fully saturated rings. The third-order valence-corrected chi connectivity index (χ3v) is 4.35. The minimum Gasteiger partial charge on any atom is -0.444 e. The van der Waals surface area contributed by atoms with Crippen molar-refractivity contribution in [3.05, 3.63) is 28.7 Å². The Labute approximate surface area is 141 Å². The van der Waals surface area contributed by atoms with Gasteiger partial charge in [-0.05, 0) is 68.1 Å². The number of nitrogens with zero attached hydrogens (tertiary/aromatic N) is 1. The first-order chi connectivity index (χ1) is 10.4. The van der Waals surface area contributed by atoms with Crippen molar-refractivity contribution in [1.29, 1.82) is 0 Å². The molecule has 1 aromatic rings. The van der Waals surface area contributed by atoms with Crippen LogP contribution < -0.4 is 5.32 Å². The Bertz CT molecular complexity index is 514. The molecule has 1 amide bonds. The number of piperidine rings is 1. The van der Waals surface area contributed by atoms with Gasteiger partial charge in [-0.15, -0.1) is 0 Å². The number of carbonyl (C=O) groups excluding carboxylic acids is 1. The second-order valence-electron chi connectivity index (χ2n) is 6.68. The number of amides is 1. The Morgan fingerprint density at radius 1 is 1.36 bits per heavy atom. The molecular weight excluding hydrogens is 344 g/mol. The molecule has 2 rings (SSSR count). The topological polar surface area (TPSA) is 41.6 Å². The fraction of sp³-hybridized carbons (Fsp3) is 0.588. The van der Waals surface area contributed by atoms with Crippen molar-refractivity contribution in [2.75, 3.05) is 18.4 Å². The van der Waals surface area contributed by atoms with Crippen LogP contribution in [0.2, 0.25) is 0 Å². The van der Waals surface area contributed by atoms with E-state index in [0.717, 1.165) is 42.5 Å². The highest BCUT2D eigenvalue weighted by atomic mass is 79.9. The molecule has 4 nitrogen and oxygen atoms in total. The van der Waals surface area contributed by atoms with Crippen LogP contribution in [0.15, 0.2) is 28.7 Å². The first-order valence-corrected chi connectivity index (χ1v) is 8.64. The lowest BCUT2D eigenvalue weighted by atomic mass is 10.0. The summed E-state index contributed by atoms with van der Waals surface area (Å²) in [5.74, 6) is 0. The number of hydrogen-bond acceptors (Lipinski definition) is 3. The van der Waals surface area contributed by atoms with Gasteiger partial charge in [-0.1, -0.05) is 12.1 Å². The van der Waals surface area contributed by atoms with Gasteiger partial charge in [0.15, 0.2) is 0 Å². The fourth-order valence-corrected chi connectivity index (χ4v) is 3.03. The molecule has 0 saturated carbocycles. The van der Waals surface area contributed by atoms with E-state index in [4.69, 9.17) is 4.74 Å². The monoisotopic (exact) mass is 368 g/mol. The maximum atomic E-state index is 12.4. The van der Waals surface area contributed by atoms with Gasteiger partial charge in [0.1, 0.15) is 5.60 Å². The molecule has 0 spiro atoms. The molecular formula is C17H25BrN2O2. The highest BCUT2D eigenvalue weighted by molar-refractivity contribution is 9.10. The molecule has 1 heterocycles. The van der Waals surface area contributed by atoms with E-state index in [9.17, 15) is 4.79 Å². The van der Waals surface area contributed by atoms with Gasteiger partial charge in [0.05, 0.1) is 6.04 Å². The van der Waals surface area contributed by atoms with Crippen molar-refractivity contribution in [2.24, 2.45) is 0 Å². The van der Waals surface area contributed by atoms with E-state index >= 15 is 0 Å². The SMILES string of the molecule is CC(C)(C)OC(=O)N1CCCCC1CNc1ccccc1Br. The van der Waals surface area contributed by atoms with Crippen LogP contribution in [0, 0.1) is 0 Å². The molecule has 5 heteroatoms. The van der Waals surface area contributed by atoms with Crippen molar-refractivity contribution < 1.29 is 9.53 Å². The smallest absolute Gasteiger partial charge is 0.410 e. The second kappa shape index (κ2) is 7.36. The van der Waals surface area contributed by atoms with Gasteiger partial charge in [-0.25, -0.2) is 4.79 Å². The van der Waals surface area contributed by atoms with Gasteiger partial charge in [-0.3, -0.25) is 0 Å². The van der Waals surface area contributed by atoms with E-state index < -0.39 is 5.60 Å². The molecule has 122 valence electrons. The fourth-order valence-electron chi connectivity index (χ4n) is 2.61. The van der Waals surface area contributed by atoms with Crippen molar-refractivity contribution in [3.8, 4) is 0 Å². The van der Waals surface area contributed by atoms with E-state index in [-0.39, 0.29) is 12.1 Å². The number of benzene rings is 1. The number of hydrogen-bond donors (Lipinski definition) is 1. The van der Waals surface area contributed by atoms with E-state index in [2.05, 4.69) is 21.2 Å². The summed E-state index contributed by atoms with van der Waals surface area (Å²) in [5.41, 5.74) is 0.604. The van der Waals surface area contributed by atoms with Gasteiger partial charge in [-0.2, -0.15) is 0 Å². The van der Waals surface area contributed by atoms with Crippen LogP contribution in [0.4, 0.5) is 10.5 Å². The van der Waals surface area contributed by atoms with Crippen LogP contribution in [-0.4, -0.2) is 35.7 Å². The van der Waals surface area contributed by atoms with Gasteiger partial charge in [0.25, 0.3) is 0 Å². The van der Waals surface area contributed by atoms with Crippen LogP contribution in [0.25, 0.3) is 0 Å². The van der Waals surface area contributed by atoms with Crippen molar-refractivity contribution in [1.82, 2.24) is 4.90 Å². The molecule has 0 aromatic heterocycles. The molecule has 0 aliphatic carbocycles. The first kappa shape index (κ1) is 17.1. The van der Waals surface area contributed by atoms with Crippen molar-refractivity contribution in [2.45, 2.75) is 51.7 Å². The zero-order valence-corrected chi connectivity index (χ0v) is 15.1. The average molecular weight is 369 g/mol. The largest absolute Gasteiger partial charge is 0.444 e. The van der Waals surface area contributed by atoms with Crippen LogP contribution in [0.1, 0.15) is 40.0 Å². The molecule has 1 saturated heterocycles. The Morgan fingerprint density at radius 3 is 2.77 bits per heavy atom. The molecule has 1 N–H and O–H groups in total. The molecule has 1 aliphatic heterocycles. The Kier molecular flexibility index (Phi) is 5.73. The van der Waals surface area contributed by atoms with Crippen LogP contribution in [-0.2, 0) is 4.74 Å². The Hall–Kier alpha value is -1.23. The minimum atomic E-state index is -0.449. The third kappa shape index (κ3) is 4.90. The van der Waals surface area contributed by atoms with Crippen LogP contribution >= 0.6 is 15.9 Å². The molecule has 0 bridgehead atoms. The van der Waals surface area contributed by atoms with Crippen molar-refractivity contribution in [3.63, 3.8) is 0 Å². The van der Waals surface area contributed by atoms with Gasteiger partial charge < -0.3 is 15.0 Å². The number of ether oxygens (including phenoxy) is 1. The zero-order chi connectivity index (χ0) is 16.2. The number of likely N-dealkylation sites (tertiary alicyclic amines) is 1. The predicted octanol–water partition coefficient (Wildman–Crippen LogP) is 4.65. The summed E-state index contributed by atoms with van der Waals surface area (Å²) in [7, 11) is 0. The van der Waals surface area contributed by atoms with Crippen LogP contribution in [0.5, 0.6) is 0 Å². The molecule has 22 heavy (non-hydrogen) atoms. The highest BCUT2D eigenvalue weighted by Crippen LogP contribution is 2.24. The lowest BCUT2D eigenvalue weighted by molar-refractivity contribution is 0.0114. The average Bonchev–Trinajstić information content (AvgIpc) is 2.45. The maximum Gasteiger partial charge on any atom is 0.410 e. The predicted molar refractivity (Wildman–Crippen MR) is 93.2 cm³/mol. The van der Waals surface area contributed by atoms with E-state index in [1.807, 2.05) is 49.9 Å².